The molecule has 1 heterocycles. The third kappa shape index (κ3) is 1.91. The minimum Gasteiger partial charge on any atom is -0.309 e. The molecule has 1 aromatic rings. The van der Waals surface area contributed by atoms with E-state index in [-0.39, 0.29) is 12.4 Å². The fourth-order valence-corrected chi connectivity index (χ4v) is 2.73. The van der Waals surface area contributed by atoms with E-state index in [0.717, 1.165) is 12.5 Å². The molecule has 1 fully saturated rings. The van der Waals surface area contributed by atoms with Crippen LogP contribution in [0.1, 0.15) is 36.4 Å². The highest BCUT2D eigenvalue weighted by Gasteiger charge is 2.30. The molecule has 0 bridgehead atoms. The average Bonchev–Trinajstić information content (AvgIpc) is 2.16. The first-order chi connectivity index (χ1) is 6.95. The molecule has 1 aromatic carbocycles. The van der Waals surface area contributed by atoms with Crippen LogP contribution in [0.25, 0.3) is 0 Å². The molecule has 1 unspecified atom stereocenters. The van der Waals surface area contributed by atoms with Gasteiger partial charge in [0.2, 0.25) is 0 Å². The highest BCUT2D eigenvalue weighted by molar-refractivity contribution is 5.85. The molecule has 1 saturated carbocycles. The van der Waals surface area contributed by atoms with Crippen LogP contribution in [-0.2, 0) is 6.42 Å². The average molecular weight is 224 g/mol. The first-order valence-corrected chi connectivity index (χ1v) is 5.76. The zero-order chi connectivity index (χ0) is 9.38. The monoisotopic (exact) mass is 223 g/mol. The van der Waals surface area contributed by atoms with Gasteiger partial charge in [0.1, 0.15) is 0 Å². The van der Waals surface area contributed by atoms with Crippen LogP contribution in [0.5, 0.6) is 0 Å². The van der Waals surface area contributed by atoms with Gasteiger partial charge in [0.15, 0.2) is 0 Å². The van der Waals surface area contributed by atoms with E-state index < -0.39 is 0 Å². The minimum absolute atomic E-state index is 0. The molecule has 82 valence electrons. The highest BCUT2D eigenvalue weighted by Crippen LogP contribution is 2.39. The third-order valence-electron chi connectivity index (χ3n) is 3.77. The van der Waals surface area contributed by atoms with Gasteiger partial charge in [-0.3, -0.25) is 0 Å². The molecule has 0 radical (unpaired) electrons. The molecular formula is C13H18ClN. The third-order valence-corrected chi connectivity index (χ3v) is 3.77. The summed E-state index contributed by atoms with van der Waals surface area (Å²) in [5.41, 5.74) is 3.15. The van der Waals surface area contributed by atoms with Gasteiger partial charge in [-0.25, -0.2) is 0 Å². The fourth-order valence-electron chi connectivity index (χ4n) is 2.73. The Hall–Kier alpha value is -0.530. The van der Waals surface area contributed by atoms with Crippen molar-refractivity contribution in [2.24, 2.45) is 5.92 Å². The Morgan fingerprint density at radius 3 is 2.67 bits per heavy atom. The lowest BCUT2D eigenvalue weighted by atomic mass is 9.75. The highest BCUT2D eigenvalue weighted by atomic mass is 35.5. The standard InChI is InChI=1S/C13H17N.ClH/c1-2-7-12-10(4-1)8-9-14-13(12)11-5-3-6-11;/h1-2,4,7,11,13-14H,3,5-6,8-9H2;1H. The summed E-state index contributed by atoms with van der Waals surface area (Å²) < 4.78 is 0. The summed E-state index contributed by atoms with van der Waals surface area (Å²) in [6.07, 6.45) is 5.49. The minimum atomic E-state index is 0. The smallest absolute Gasteiger partial charge is 0.0351 e. The topological polar surface area (TPSA) is 12.0 Å². The Balaban J connectivity index is 0.000000853. The van der Waals surface area contributed by atoms with Crippen molar-refractivity contribution in [2.45, 2.75) is 31.7 Å². The van der Waals surface area contributed by atoms with Crippen LogP contribution in [0.2, 0.25) is 0 Å². The van der Waals surface area contributed by atoms with Crippen molar-refractivity contribution < 1.29 is 0 Å². The van der Waals surface area contributed by atoms with Crippen LogP contribution in [0.4, 0.5) is 0 Å². The largest absolute Gasteiger partial charge is 0.309 e. The maximum absolute atomic E-state index is 3.68. The maximum atomic E-state index is 3.68. The molecule has 15 heavy (non-hydrogen) atoms. The van der Waals surface area contributed by atoms with E-state index in [1.807, 2.05) is 0 Å². The van der Waals surface area contributed by atoms with E-state index in [0.29, 0.717) is 6.04 Å². The second-order valence-electron chi connectivity index (χ2n) is 4.57. The number of hydrogen-bond donors (Lipinski definition) is 1. The van der Waals surface area contributed by atoms with Crippen LogP contribution in [0.3, 0.4) is 0 Å². The summed E-state index contributed by atoms with van der Waals surface area (Å²) in [5.74, 6) is 0.913. The van der Waals surface area contributed by atoms with E-state index in [1.54, 1.807) is 11.1 Å². The molecule has 1 nitrogen and oxygen atoms in total. The molecule has 2 aliphatic rings. The molecule has 3 rings (SSSR count). The van der Waals surface area contributed by atoms with Gasteiger partial charge >= 0.3 is 0 Å². The Kier molecular flexibility index (Phi) is 3.32. The summed E-state index contributed by atoms with van der Waals surface area (Å²) >= 11 is 0. The molecular weight excluding hydrogens is 206 g/mol. The first-order valence-electron chi connectivity index (χ1n) is 5.76. The summed E-state index contributed by atoms with van der Waals surface area (Å²) in [7, 11) is 0. The van der Waals surface area contributed by atoms with Crippen LogP contribution in [-0.4, -0.2) is 6.54 Å². The van der Waals surface area contributed by atoms with Crippen molar-refractivity contribution in [1.82, 2.24) is 5.32 Å². The van der Waals surface area contributed by atoms with E-state index in [9.17, 15) is 0 Å². The van der Waals surface area contributed by atoms with E-state index in [4.69, 9.17) is 0 Å². The second-order valence-corrected chi connectivity index (χ2v) is 4.57. The van der Waals surface area contributed by atoms with Gasteiger partial charge in [0, 0.05) is 6.04 Å². The molecule has 1 aliphatic carbocycles. The predicted molar refractivity (Wildman–Crippen MR) is 65.5 cm³/mol. The zero-order valence-electron chi connectivity index (χ0n) is 8.91. The number of nitrogens with one attached hydrogen (secondary N) is 1. The first kappa shape index (κ1) is 11.0. The molecule has 1 aliphatic heterocycles. The van der Waals surface area contributed by atoms with Gasteiger partial charge < -0.3 is 5.32 Å². The van der Waals surface area contributed by atoms with Gasteiger partial charge in [-0.05, 0) is 42.9 Å². The van der Waals surface area contributed by atoms with Crippen molar-refractivity contribution in [1.29, 1.82) is 0 Å². The van der Waals surface area contributed by atoms with Gasteiger partial charge in [0.05, 0.1) is 0 Å². The van der Waals surface area contributed by atoms with Crippen molar-refractivity contribution in [3.05, 3.63) is 35.4 Å². The van der Waals surface area contributed by atoms with Gasteiger partial charge in [0.25, 0.3) is 0 Å². The molecule has 1 N–H and O–H groups in total. The van der Waals surface area contributed by atoms with E-state index >= 15 is 0 Å². The van der Waals surface area contributed by atoms with Crippen LogP contribution in [0, 0.1) is 5.92 Å². The van der Waals surface area contributed by atoms with Crippen molar-refractivity contribution in [2.75, 3.05) is 6.54 Å². The van der Waals surface area contributed by atoms with Gasteiger partial charge in [-0.1, -0.05) is 30.7 Å². The molecule has 0 amide bonds. The lowest BCUT2D eigenvalue weighted by Crippen LogP contribution is -2.37. The van der Waals surface area contributed by atoms with Crippen LogP contribution < -0.4 is 5.32 Å². The molecule has 0 aromatic heterocycles. The Labute approximate surface area is 97.7 Å². The predicted octanol–water partition coefficient (Wildman–Crippen LogP) is 3.10. The van der Waals surface area contributed by atoms with E-state index in [1.165, 1.54) is 25.7 Å². The van der Waals surface area contributed by atoms with E-state index in [2.05, 4.69) is 29.6 Å². The summed E-state index contributed by atoms with van der Waals surface area (Å²) in [5, 5.41) is 3.68. The number of halogens is 1. The molecule has 0 spiro atoms. The fraction of sp³-hybridized carbons (Fsp3) is 0.538. The number of fused-ring (bicyclic) bond motifs is 1. The summed E-state index contributed by atoms with van der Waals surface area (Å²) in [6.45, 7) is 1.16. The second kappa shape index (κ2) is 4.54. The maximum Gasteiger partial charge on any atom is 0.0351 e. The zero-order valence-corrected chi connectivity index (χ0v) is 9.72. The van der Waals surface area contributed by atoms with Crippen molar-refractivity contribution in [3.8, 4) is 0 Å². The Bertz CT molecular complexity index is 333. The van der Waals surface area contributed by atoms with Crippen molar-refractivity contribution >= 4 is 12.4 Å². The molecule has 0 saturated heterocycles. The summed E-state index contributed by atoms with van der Waals surface area (Å²) in [6, 6.07) is 9.61. The number of rotatable bonds is 1. The lowest BCUT2D eigenvalue weighted by Gasteiger charge is -2.38. The van der Waals surface area contributed by atoms with Gasteiger partial charge in [-0.15, -0.1) is 12.4 Å². The SMILES string of the molecule is Cl.c1ccc2c(c1)CCNC2C1CCC1. The lowest BCUT2D eigenvalue weighted by molar-refractivity contribution is 0.225. The molecule has 2 heteroatoms. The Morgan fingerprint density at radius 1 is 1.13 bits per heavy atom. The van der Waals surface area contributed by atoms with Crippen LogP contribution in [0.15, 0.2) is 24.3 Å². The Morgan fingerprint density at radius 2 is 1.93 bits per heavy atom. The molecule has 1 atom stereocenters. The number of benzene rings is 1. The number of hydrogen-bond acceptors (Lipinski definition) is 1. The van der Waals surface area contributed by atoms with Gasteiger partial charge in [-0.2, -0.15) is 0 Å². The normalized spacial score (nSPS) is 24.9. The quantitative estimate of drug-likeness (QED) is 0.772. The van der Waals surface area contributed by atoms with Crippen LogP contribution >= 0.6 is 12.4 Å². The van der Waals surface area contributed by atoms with Crippen molar-refractivity contribution in [3.63, 3.8) is 0 Å². The summed E-state index contributed by atoms with van der Waals surface area (Å²) in [4.78, 5) is 0.